The van der Waals surface area contributed by atoms with Crippen LogP contribution in [0.1, 0.15) is 86.1 Å². The second-order valence-electron chi connectivity index (χ2n) is 21.4. The number of nitrogens with zero attached hydrogens (tertiary/aromatic N) is 4. The van der Waals surface area contributed by atoms with E-state index in [0.717, 1.165) is 16.9 Å². The number of ether oxygens (including phenoxy) is 9. The van der Waals surface area contributed by atoms with Gasteiger partial charge in [0.15, 0.2) is 0 Å². The van der Waals surface area contributed by atoms with Gasteiger partial charge in [0.25, 0.3) is 11.8 Å². The number of benzene rings is 1. The Morgan fingerprint density at radius 1 is 0.707 bits per heavy atom. The molecule has 1 aromatic carbocycles. The minimum atomic E-state index is -0.955. The maximum atomic E-state index is 14.7. The number of carbonyl (C=O) groups is 7. The highest BCUT2D eigenvalue weighted by atomic mass is 32.1. The minimum absolute atomic E-state index is 0.0189. The van der Waals surface area contributed by atoms with Gasteiger partial charge in [0.1, 0.15) is 18.1 Å². The molecule has 0 aliphatic carbocycles. The normalized spacial score (nSPS) is 17.3. The van der Waals surface area contributed by atoms with Crippen LogP contribution in [0.15, 0.2) is 42.5 Å². The number of likely N-dealkylation sites (tertiary alicyclic amines) is 1. The number of imide groups is 1. The standard InChI is InChI=1S/C59H96N6O16S/c1-13-42(6)54(47(73-10)39-51(69)64-24-17-20-46(64)55(74-11)43(7)57(82)60-45(59(72)75-12)38-44-18-15-14-16-19-44)63(9)58(71)52(40(2)3)61-56(70)53(41(4)5)62(8)48(66)23-26-76-28-30-78-32-34-80-36-37-81-35-33-79-31-29-77-27-25-65-49(67)21-22-50(65)68/h14-16,18-19,21-22,40-43,45-47,52-55H,13,17,20,23-39H2,1-12H3,(H,60,82)(H,61,70)/t42?,43?,45?,46-,47?,52?,53?,54?,55?/m0/s1. The van der Waals surface area contributed by atoms with E-state index in [2.05, 4.69) is 10.6 Å². The third-order valence-electron chi connectivity index (χ3n) is 15.0. The zero-order chi connectivity index (χ0) is 60.7. The number of carbonyl (C=O) groups excluding carboxylic acids is 7. The molecule has 1 fully saturated rings. The summed E-state index contributed by atoms with van der Waals surface area (Å²) < 4.78 is 50.5. The fraction of sp³-hybridized carbons (Fsp3) is 0.729. The van der Waals surface area contributed by atoms with E-state index in [1.807, 2.05) is 83.7 Å². The summed E-state index contributed by atoms with van der Waals surface area (Å²) in [6.07, 6.45) is 3.76. The molecule has 0 saturated carbocycles. The van der Waals surface area contributed by atoms with Crippen LogP contribution >= 0.6 is 12.2 Å². The molecule has 23 heteroatoms. The number of rotatable bonds is 42. The summed E-state index contributed by atoms with van der Waals surface area (Å²) in [4.78, 5) is 99.2. The molecule has 2 heterocycles. The molecule has 6 amide bonds. The quantitative estimate of drug-likeness (QED) is 0.0411. The van der Waals surface area contributed by atoms with Gasteiger partial charge in [-0.1, -0.05) is 97.4 Å². The number of thiocarbonyl (C=S) groups is 1. The van der Waals surface area contributed by atoms with E-state index in [-0.39, 0.29) is 98.5 Å². The van der Waals surface area contributed by atoms with Crippen molar-refractivity contribution in [2.45, 2.75) is 129 Å². The van der Waals surface area contributed by atoms with E-state index < -0.39 is 48.3 Å². The largest absolute Gasteiger partial charge is 0.467 e. The molecule has 82 heavy (non-hydrogen) atoms. The van der Waals surface area contributed by atoms with Gasteiger partial charge in [0, 0.05) is 59.4 Å². The number of hydrogen-bond acceptors (Lipinski definition) is 17. The molecule has 8 unspecified atom stereocenters. The highest BCUT2D eigenvalue weighted by Crippen LogP contribution is 2.30. The van der Waals surface area contributed by atoms with E-state index >= 15 is 0 Å². The molecule has 0 radical (unpaired) electrons. The van der Waals surface area contributed by atoms with Gasteiger partial charge in [-0.05, 0) is 36.2 Å². The monoisotopic (exact) mass is 1180 g/mol. The van der Waals surface area contributed by atoms with Gasteiger partial charge in [-0.25, -0.2) is 4.79 Å². The molecule has 2 N–H and O–H groups in total. The molecular weight excluding hydrogens is 1080 g/mol. The summed E-state index contributed by atoms with van der Waals surface area (Å²) in [6, 6.07) is 6.16. The van der Waals surface area contributed by atoms with Crippen molar-refractivity contribution in [3.63, 3.8) is 0 Å². The van der Waals surface area contributed by atoms with Gasteiger partial charge < -0.3 is 68.0 Å². The van der Waals surface area contributed by atoms with Gasteiger partial charge in [0.05, 0.1) is 135 Å². The lowest BCUT2D eigenvalue weighted by atomic mass is 9.89. The van der Waals surface area contributed by atoms with Crippen LogP contribution in [0.4, 0.5) is 0 Å². The molecule has 3 rings (SSSR count). The molecule has 2 aliphatic rings. The summed E-state index contributed by atoms with van der Waals surface area (Å²) in [5.41, 5.74) is 0.943. The van der Waals surface area contributed by atoms with Crippen LogP contribution in [-0.4, -0.2) is 236 Å². The first-order valence-corrected chi connectivity index (χ1v) is 29.2. The maximum absolute atomic E-state index is 14.7. The van der Waals surface area contributed by atoms with Crippen molar-refractivity contribution in [2.24, 2.45) is 23.7 Å². The Balaban J connectivity index is 1.45. The molecule has 22 nitrogen and oxygen atoms in total. The molecular formula is C59H96N6O16S. The number of methoxy groups -OCH3 is 3. The Hall–Kier alpha value is -4.98. The average molecular weight is 1180 g/mol. The van der Waals surface area contributed by atoms with Crippen molar-refractivity contribution in [2.75, 3.05) is 128 Å². The summed E-state index contributed by atoms with van der Waals surface area (Å²) in [5, 5.41) is 6.22. The highest BCUT2D eigenvalue weighted by Gasteiger charge is 2.43. The Bertz CT molecular complexity index is 2140. The molecule has 464 valence electrons. The number of likely N-dealkylation sites (N-methyl/N-ethyl adjacent to an activating group) is 2. The first kappa shape index (κ1) is 71.3. The fourth-order valence-electron chi connectivity index (χ4n) is 10.2. The second kappa shape index (κ2) is 38.8. The van der Waals surface area contributed by atoms with Crippen molar-refractivity contribution in [1.29, 1.82) is 0 Å². The Morgan fingerprint density at radius 2 is 1.24 bits per heavy atom. The van der Waals surface area contributed by atoms with Crippen molar-refractivity contribution < 1.29 is 76.2 Å². The Kier molecular flexibility index (Phi) is 33.7. The van der Waals surface area contributed by atoms with Crippen LogP contribution in [0.2, 0.25) is 0 Å². The van der Waals surface area contributed by atoms with E-state index in [1.165, 1.54) is 24.2 Å². The number of hydrogen-bond donors (Lipinski definition) is 2. The van der Waals surface area contributed by atoms with Crippen molar-refractivity contribution in [3.8, 4) is 0 Å². The zero-order valence-electron chi connectivity index (χ0n) is 50.8. The molecule has 9 atom stereocenters. The molecule has 0 aromatic heterocycles. The van der Waals surface area contributed by atoms with Gasteiger partial charge in [-0.15, -0.1) is 0 Å². The summed E-state index contributed by atoms with van der Waals surface area (Å²) >= 11 is 5.89. The first-order valence-electron chi connectivity index (χ1n) is 28.8. The highest BCUT2D eigenvalue weighted by molar-refractivity contribution is 7.80. The predicted octanol–water partition coefficient (Wildman–Crippen LogP) is 3.65. The molecule has 1 aromatic rings. The topological polar surface area (TPSA) is 240 Å². The molecule has 1 saturated heterocycles. The van der Waals surface area contributed by atoms with Gasteiger partial charge >= 0.3 is 5.97 Å². The summed E-state index contributed by atoms with van der Waals surface area (Å²) in [7, 11) is 7.75. The summed E-state index contributed by atoms with van der Waals surface area (Å²) in [6.45, 7) is 17.9. The predicted molar refractivity (Wildman–Crippen MR) is 311 cm³/mol. The zero-order valence-corrected chi connectivity index (χ0v) is 51.6. The van der Waals surface area contributed by atoms with Crippen LogP contribution in [0.25, 0.3) is 0 Å². The van der Waals surface area contributed by atoms with Crippen molar-refractivity contribution in [1.82, 2.24) is 30.2 Å². The smallest absolute Gasteiger partial charge is 0.328 e. The lowest BCUT2D eigenvalue weighted by molar-refractivity contribution is -0.148. The maximum Gasteiger partial charge on any atom is 0.328 e. The van der Waals surface area contributed by atoms with Crippen LogP contribution in [0.5, 0.6) is 0 Å². The Labute approximate surface area is 492 Å². The number of esters is 1. The van der Waals surface area contributed by atoms with E-state index in [1.54, 1.807) is 33.2 Å². The van der Waals surface area contributed by atoms with E-state index in [9.17, 15) is 33.6 Å². The van der Waals surface area contributed by atoms with E-state index in [4.69, 9.17) is 54.8 Å². The molecule has 0 bridgehead atoms. The van der Waals surface area contributed by atoms with Crippen molar-refractivity contribution >= 4 is 58.6 Å². The van der Waals surface area contributed by atoms with Gasteiger partial charge in [-0.3, -0.25) is 33.7 Å². The third-order valence-corrected chi connectivity index (χ3v) is 15.5. The second-order valence-corrected chi connectivity index (χ2v) is 21.8. The minimum Gasteiger partial charge on any atom is -0.467 e. The first-order chi connectivity index (χ1) is 39.2. The summed E-state index contributed by atoms with van der Waals surface area (Å²) in [5.74, 6) is -3.48. The lowest BCUT2D eigenvalue weighted by Crippen LogP contribution is -2.60. The van der Waals surface area contributed by atoms with Crippen LogP contribution < -0.4 is 10.6 Å². The van der Waals surface area contributed by atoms with Crippen molar-refractivity contribution in [3.05, 3.63) is 48.0 Å². The lowest BCUT2D eigenvalue weighted by Gasteiger charge is -2.41. The number of amides is 6. The van der Waals surface area contributed by atoms with Gasteiger partial charge in [-0.2, -0.15) is 0 Å². The van der Waals surface area contributed by atoms with Crippen LogP contribution in [-0.2, 0) is 82.6 Å². The number of nitrogens with one attached hydrogen (secondary N) is 2. The Morgan fingerprint density at radius 3 is 1.73 bits per heavy atom. The fourth-order valence-corrected chi connectivity index (χ4v) is 10.5. The van der Waals surface area contributed by atoms with Gasteiger partial charge in [0.2, 0.25) is 23.6 Å². The average Bonchev–Trinajstić information content (AvgIpc) is 4.18. The SMILES string of the molecule is CCC(C)C(C(CC(=O)N1CCC[C@H]1C(OC)C(C)C(=S)NC(Cc1ccccc1)C(=O)OC)OC)N(C)C(=O)C(NC(=O)C(C(C)C)N(C)C(=O)CCOCCOCCOCCOCCOCCOCCN1C(=O)C=CC1=O)C(C)C. The molecule has 2 aliphatic heterocycles. The van der Waals surface area contributed by atoms with Crippen LogP contribution in [0.3, 0.4) is 0 Å². The third kappa shape index (κ3) is 23.2. The van der Waals surface area contributed by atoms with Crippen LogP contribution in [0, 0.1) is 23.7 Å². The molecule has 0 spiro atoms. The van der Waals surface area contributed by atoms with E-state index in [0.29, 0.717) is 90.3 Å².